The molecule has 1 spiro atoms. The highest BCUT2D eigenvalue weighted by Gasteiger charge is 2.66. The fourth-order valence-corrected chi connectivity index (χ4v) is 4.63. The van der Waals surface area contributed by atoms with E-state index in [9.17, 15) is 9.59 Å². The second-order valence-electron chi connectivity index (χ2n) is 7.87. The van der Waals surface area contributed by atoms with Crippen molar-refractivity contribution in [1.82, 2.24) is 0 Å². The Kier molecular flexibility index (Phi) is 3.97. The van der Waals surface area contributed by atoms with E-state index < -0.39 is 11.4 Å². The Balaban J connectivity index is 1.48. The van der Waals surface area contributed by atoms with Crippen LogP contribution < -0.4 is 4.90 Å². The standard InChI is InChI=1S/C25H18N2O3/c26-14-16-5-9-18(10-6-16)21-13-25(21)20-3-1-2-4-22(20)27(24(25)30)15-17-7-11-19(12-8-17)23(28)29/h1-12,21H,13,15H2,(H,28,29)/t21-,25-/m1/s1. The number of nitrogens with zero attached hydrogens (tertiary/aromatic N) is 2. The monoisotopic (exact) mass is 394 g/mol. The number of carboxylic acid groups (broad SMARTS) is 1. The van der Waals surface area contributed by atoms with E-state index in [4.69, 9.17) is 10.4 Å². The number of carboxylic acids is 1. The summed E-state index contributed by atoms with van der Waals surface area (Å²) in [7, 11) is 0. The van der Waals surface area contributed by atoms with E-state index in [1.54, 1.807) is 36.4 Å². The molecule has 0 bridgehead atoms. The van der Waals surface area contributed by atoms with Crippen LogP contribution in [0.25, 0.3) is 0 Å². The molecule has 1 heterocycles. The molecule has 0 aromatic heterocycles. The largest absolute Gasteiger partial charge is 0.478 e. The van der Waals surface area contributed by atoms with Gasteiger partial charge in [-0.3, -0.25) is 4.79 Å². The molecular formula is C25H18N2O3. The average Bonchev–Trinajstić information content (AvgIpc) is 3.49. The van der Waals surface area contributed by atoms with Crippen LogP contribution in [0.15, 0.2) is 72.8 Å². The van der Waals surface area contributed by atoms with Gasteiger partial charge in [-0.1, -0.05) is 42.5 Å². The Morgan fingerprint density at radius 1 is 1.07 bits per heavy atom. The van der Waals surface area contributed by atoms with Crippen LogP contribution in [0.1, 0.15) is 45.0 Å². The number of para-hydroxylation sites is 1. The third-order valence-corrected chi connectivity index (χ3v) is 6.25. The second kappa shape index (κ2) is 6.57. The summed E-state index contributed by atoms with van der Waals surface area (Å²) in [5.41, 5.74) is 4.21. The molecule has 0 unspecified atom stereocenters. The van der Waals surface area contributed by atoms with E-state index in [1.165, 1.54) is 0 Å². The number of hydrogen-bond donors (Lipinski definition) is 1. The lowest BCUT2D eigenvalue weighted by atomic mass is 9.92. The van der Waals surface area contributed by atoms with Crippen molar-refractivity contribution < 1.29 is 14.7 Å². The summed E-state index contributed by atoms with van der Waals surface area (Å²) in [5, 5.41) is 18.1. The van der Waals surface area contributed by atoms with Crippen molar-refractivity contribution in [2.75, 3.05) is 4.90 Å². The predicted molar refractivity (Wildman–Crippen MR) is 111 cm³/mol. The van der Waals surface area contributed by atoms with Crippen LogP contribution in [0.4, 0.5) is 5.69 Å². The number of fused-ring (bicyclic) bond motifs is 2. The van der Waals surface area contributed by atoms with E-state index >= 15 is 0 Å². The van der Waals surface area contributed by atoms with Crippen LogP contribution in [0.3, 0.4) is 0 Å². The number of amides is 1. The molecule has 0 saturated heterocycles. The molecule has 146 valence electrons. The van der Waals surface area contributed by atoms with Crippen molar-refractivity contribution in [2.24, 2.45) is 0 Å². The van der Waals surface area contributed by atoms with Crippen molar-refractivity contribution in [3.05, 3.63) is 101 Å². The van der Waals surface area contributed by atoms with E-state index in [1.807, 2.05) is 41.3 Å². The van der Waals surface area contributed by atoms with E-state index in [0.29, 0.717) is 12.1 Å². The zero-order valence-corrected chi connectivity index (χ0v) is 16.1. The van der Waals surface area contributed by atoms with Gasteiger partial charge in [-0.05, 0) is 53.4 Å². The first kappa shape index (κ1) is 18.1. The van der Waals surface area contributed by atoms with Crippen LogP contribution in [0.2, 0.25) is 0 Å². The van der Waals surface area contributed by atoms with Gasteiger partial charge in [0.1, 0.15) is 0 Å². The van der Waals surface area contributed by atoms with Crippen molar-refractivity contribution in [1.29, 1.82) is 5.26 Å². The van der Waals surface area contributed by atoms with Crippen molar-refractivity contribution in [3.8, 4) is 6.07 Å². The molecular weight excluding hydrogens is 376 g/mol. The molecule has 2 atom stereocenters. The molecule has 2 aliphatic rings. The number of nitriles is 1. The normalized spacial score (nSPS) is 21.4. The molecule has 1 aliphatic heterocycles. The topological polar surface area (TPSA) is 81.4 Å². The summed E-state index contributed by atoms with van der Waals surface area (Å²) < 4.78 is 0. The van der Waals surface area contributed by atoms with E-state index in [0.717, 1.165) is 28.8 Å². The molecule has 0 radical (unpaired) electrons. The SMILES string of the molecule is N#Cc1ccc([C@H]2C[C@]23C(=O)N(Cc2ccc(C(=O)O)cc2)c2ccccc23)cc1. The van der Waals surface area contributed by atoms with Gasteiger partial charge in [-0.25, -0.2) is 4.79 Å². The van der Waals surface area contributed by atoms with Crippen molar-refractivity contribution >= 4 is 17.6 Å². The van der Waals surface area contributed by atoms with Crippen LogP contribution in [-0.4, -0.2) is 17.0 Å². The average molecular weight is 394 g/mol. The maximum Gasteiger partial charge on any atom is 0.335 e. The van der Waals surface area contributed by atoms with Crippen LogP contribution >= 0.6 is 0 Å². The molecule has 30 heavy (non-hydrogen) atoms. The molecule has 5 nitrogen and oxygen atoms in total. The van der Waals surface area contributed by atoms with Gasteiger partial charge >= 0.3 is 5.97 Å². The highest BCUT2D eigenvalue weighted by atomic mass is 16.4. The summed E-state index contributed by atoms with van der Waals surface area (Å²) in [6.07, 6.45) is 0.753. The Hall–Kier alpha value is -3.91. The highest BCUT2D eigenvalue weighted by Crippen LogP contribution is 2.66. The minimum absolute atomic E-state index is 0.0837. The van der Waals surface area contributed by atoms with Gasteiger partial charge in [0.2, 0.25) is 5.91 Å². The Labute approximate surface area is 173 Å². The molecule has 1 aliphatic carbocycles. The molecule has 5 heteroatoms. The third-order valence-electron chi connectivity index (χ3n) is 6.25. The Bertz CT molecular complexity index is 1210. The fourth-order valence-electron chi connectivity index (χ4n) is 4.63. The smallest absolute Gasteiger partial charge is 0.335 e. The summed E-state index contributed by atoms with van der Waals surface area (Å²) in [6, 6.07) is 24.2. The number of anilines is 1. The molecule has 1 amide bonds. The zero-order valence-electron chi connectivity index (χ0n) is 16.1. The maximum atomic E-state index is 13.6. The van der Waals surface area contributed by atoms with E-state index in [2.05, 4.69) is 6.07 Å². The summed E-state index contributed by atoms with van der Waals surface area (Å²) >= 11 is 0. The van der Waals surface area contributed by atoms with Crippen molar-refractivity contribution in [2.45, 2.75) is 24.3 Å². The fraction of sp³-hybridized carbons (Fsp3) is 0.160. The number of carbonyl (C=O) groups excluding carboxylic acids is 1. The second-order valence-corrected chi connectivity index (χ2v) is 7.87. The lowest BCUT2D eigenvalue weighted by molar-refractivity contribution is -0.120. The predicted octanol–water partition coefficient (Wildman–Crippen LogP) is 4.23. The number of rotatable bonds is 4. The highest BCUT2D eigenvalue weighted by molar-refractivity contribution is 6.11. The molecule has 5 rings (SSSR count). The summed E-state index contributed by atoms with van der Waals surface area (Å²) in [5.74, 6) is -0.787. The Morgan fingerprint density at radius 3 is 2.43 bits per heavy atom. The first-order valence-electron chi connectivity index (χ1n) is 9.78. The first-order chi connectivity index (χ1) is 14.5. The van der Waals surface area contributed by atoms with Gasteiger partial charge in [-0.2, -0.15) is 5.26 Å². The van der Waals surface area contributed by atoms with Gasteiger partial charge in [0.25, 0.3) is 0 Å². The van der Waals surface area contributed by atoms with Gasteiger partial charge in [-0.15, -0.1) is 0 Å². The summed E-state index contributed by atoms with van der Waals surface area (Å²) in [4.78, 5) is 26.5. The quantitative estimate of drug-likeness (QED) is 0.718. The lowest BCUT2D eigenvalue weighted by Crippen LogP contribution is -2.32. The minimum atomic E-state index is -0.966. The first-order valence-corrected chi connectivity index (χ1v) is 9.78. The van der Waals surface area contributed by atoms with Gasteiger partial charge in [0.15, 0.2) is 0 Å². The number of hydrogen-bond acceptors (Lipinski definition) is 3. The number of carbonyl (C=O) groups is 2. The molecule has 1 saturated carbocycles. The molecule has 3 aromatic carbocycles. The number of aromatic carboxylic acids is 1. The van der Waals surface area contributed by atoms with Crippen LogP contribution in [0.5, 0.6) is 0 Å². The van der Waals surface area contributed by atoms with Crippen LogP contribution in [0, 0.1) is 11.3 Å². The van der Waals surface area contributed by atoms with Crippen molar-refractivity contribution in [3.63, 3.8) is 0 Å². The Morgan fingerprint density at radius 2 is 1.77 bits per heavy atom. The number of benzene rings is 3. The lowest BCUT2D eigenvalue weighted by Gasteiger charge is -2.18. The maximum absolute atomic E-state index is 13.6. The van der Waals surface area contributed by atoms with Gasteiger partial charge in [0.05, 0.1) is 29.2 Å². The van der Waals surface area contributed by atoms with Gasteiger partial charge < -0.3 is 10.0 Å². The summed E-state index contributed by atoms with van der Waals surface area (Å²) in [6.45, 7) is 0.400. The molecule has 3 aromatic rings. The van der Waals surface area contributed by atoms with E-state index in [-0.39, 0.29) is 17.4 Å². The zero-order chi connectivity index (χ0) is 20.9. The minimum Gasteiger partial charge on any atom is -0.478 e. The van der Waals surface area contributed by atoms with Gasteiger partial charge in [0, 0.05) is 11.6 Å². The van der Waals surface area contributed by atoms with Crippen LogP contribution in [-0.2, 0) is 16.8 Å². The third kappa shape index (κ3) is 2.61. The molecule has 1 fully saturated rings. The molecule has 1 N–H and O–H groups in total.